The Morgan fingerprint density at radius 1 is 1.00 bits per heavy atom. The summed E-state index contributed by atoms with van der Waals surface area (Å²) in [4.78, 5) is 13.8. The van der Waals surface area contributed by atoms with Gasteiger partial charge in [0.2, 0.25) is 11.9 Å². The molecule has 0 radical (unpaired) electrons. The van der Waals surface area contributed by atoms with Crippen LogP contribution in [0.5, 0.6) is 0 Å². The topological polar surface area (TPSA) is 114 Å². The van der Waals surface area contributed by atoms with Crippen LogP contribution in [-0.4, -0.2) is 42.8 Å². The minimum Gasteiger partial charge on any atom is -0.393 e. The molecule has 8 nitrogen and oxygen atoms in total. The average molecular weight is 458 g/mol. The second-order valence-corrected chi connectivity index (χ2v) is 9.18. The van der Waals surface area contributed by atoms with Gasteiger partial charge in [0.1, 0.15) is 17.2 Å². The first-order chi connectivity index (χ1) is 16.0. The van der Waals surface area contributed by atoms with Gasteiger partial charge in [-0.2, -0.15) is 4.98 Å². The zero-order valence-electron chi connectivity index (χ0n) is 18.3. The molecule has 10 heteroatoms. The van der Waals surface area contributed by atoms with E-state index in [1.807, 2.05) is 4.57 Å². The number of hydrogen-bond donors (Lipinski definition) is 4. The summed E-state index contributed by atoms with van der Waals surface area (Å²) in [6, 6.07) is 3.97. The van der Waals surface area contributed by atoms with E-state index in [1.165, 1.54) is 12.1 Å². The second-order valence-electron chi connectivity index (χ2n) is 9.18. The normalized spacial score (nSPS) is 25.8. The summed E-state index contributed by atoms with van der Waals surface area (Å²) in [5, 5.41) is 16.4. The number of anilines is 3. The fourth-order valence-electron chi connectivity index (χ4n) is 4.87. The van der Waals surface area contributed by atoms with Gasteiger partial charge in [-0.1, -0.05) is 0 Å². The Kier molecular flexibility index (Phi) is 6.11. The Labute approximate surface area is 190 Å². The number of hydrogen-bond acceptors (Lipinski definition) is 7. The molecule has 2 saturated carbocycles. The first-order valence-electron chi connectivity index (χ1n) is 11.6. The molecule has 176 valence electrons. The van der Waals surface area contributed by atoms with Gasteiger partial charge in [0, 0.05) is 24.2 Å². The lowest BCUT2D eigenvalue weighted by Crippen LogP contribution is -2.33. The molecule has 0 aliphatic heterocycles. The molecule has 2 heterocycles. The van der Waals surface area contributed by atoms with Gasteiger partial charge in [-0.3, -0.25) is 4.57 Å². The monoisotopic (exact) mass is 457 g/mol. The van der Waals surface area contributed by atoms with Gasteiger partial charge >= 0.3 is 0 Å². The van der Waals surface area contributed by atoms with Crippen molar-refractivity contribution >= 4 is 28.7 Å². The van der Waals surface area contributed by atoms with E-state index in [4.69, 9.17) is 10.7 Å². The molecule has 2 aliphatic carbocycles. The molecule has 3 aromatic rings. The minimum atomic E-state index is -0.698. The van der Waals surface area contributed by atoms with E-state index in [-0.39, 0.29) is 29.9 Å². The van der Waals surface area contributed by atoms with Crippen LogP contribution in [0.4, 0.5) is 26.4 Å². The highest BCUT2D eigenvalue weighted by Gasteiger charge is 2.27. The van der Waals surface area contributed by atoms with Crippen molar-refractivity contribution in [2.45, 2.75) is 75.6 Å². The highest BCUT2D eigenvalue weighted by molar-refractivity contribution is 5.76. The third kappa shape index (κ3) is 4.77. The van der Waals surface area contributed by atoms with Gasteiger partial charge < -0.3 is 21.5 Å². The second kappa shape index (κ2) is 9.18. The van der Waals surface area contributed by atoms with Crippen LogP contribution in [0.3, 0.4) is 0 Å². The van der Waals surface area contributed by atoms with E-state index < -0.39 is 11.6 Å². The summed E-state index contributed by atoms with van der Waals surface area (Å²) in [5.74, 6) is -0.388. The number of halogens is 2. The van der Waals surface area contributed by atoms with Gasteiger partial charge in [-0.05, 0) is 63.5 Å². The summed E-state index contributed by atoms with van der Waals surface area (Å²) in [7, 11) is 0. The first kappa shape index (κ1) is 22.0. The number of nitrogens with zero attached hydrogens (tertiary/aromatic N) is 4. The zero-order valence-corrected chi connectivity index (χ0v) is 18.3. The molecule has 5 N–H and O–H groups in total. The van der Waals surface area contributed by atoms with E-state index in [0.717, 1.165) is 44.6 Å². The van der Waals surface area contributed by atoms with Crippen molar-refractivity contribution < 1.29 is 13.9 Å². The van der Waals surface area contributed by atoms with E-state index in [9.17, 15) is 13.9 Å². The number of aliphatic hydroxyl groups excluding tert-OH is 1. The number of imidazole rings is 1. The predicted molar refractivity (Wildman–Crippen MR) is 122 cm³/mol. The van der Waals surface area contributed by atoms with Crippen LogP contribution in [0.25, 0.3) is 11.2 Å². The van der Waals surface area contributed by atoms with Crippen molar-refractivity contribution in [1.29, 1.82) is 0 Å². The van der Waals surface area contributed by atoms with Crippen LogP contribution in [0, 0.1) is 11.6 Å². The molecular formula is C23H29F2N7O. The first-order valence-corrected chi connectivity index (χ1v) is 11.6. The average Bonchev–Trinajstić information content (AvgIpc) is 3.15. The largest absolute Gasteiger partial charge is 0.393 e. The Balaban J connectivity index is 1.49. The molecule has 0 spiro atoms. The van der Waals surface area contributed by atoms with Crippen LogP contribution in [0.1, 0.15) is 57.4 Å². The maximum Gasteiger partial charge on any atom is 0.224 e. The molecular weight excluding hydrogens is 428 g/mol. The molecule has 2 fully saturated rings. The number of rotatable bonds is 5. The van der Waals surface area contributed by atoms with E-state index >= 15 is 0 Å². The smallest absolute Gasteiger partial charge is 0.224 e. The van der Waals surface area contributed by atoms with Crippen molar-refractivity contribution in [2.24, 2.45) is 5.73 Å². The van der Waals surface area contributed by atoms with Crippen molar-refractivity contribution in [2.75, 3.05) is 10.6 Å². The summed E-state index contributed by atoms with van der Waals surface area (Å²) in [6.45, 7) is 0. The summed E-state index contributed by atoms with van der Waals surface area (Å²) >= 11 is 0. The molecule has 0 atom stereocenters. The number of nitrogens with one attached hydrogen (secondary N) is 2. The van der Waals surface area contributed by atoms with Crippen LogP contribution in [0.15, 0.2) is 24.4 Å². The summed E-state index contributed by atoms with van der Waals surface area (Å²) in [5.41, 5.74) is 7.38. The lowest BCUT2D eigenvalue weighted by Gasteiger charge is -2.28. The van der Waals surface area contributed by atoms with Crippen LogP contribution < -0.4 is 16.4 Å². The van der Waals surface area contributed by atoms with Gasteiger partial charge in [-0.15, -0.1) is 0 Å². The molecule has 33 heavy (non-hydrogen) atoms. The number of nitrogens with two attached hydrogens (primary N) is 1. The van der Waals surface area contributed by atoms with E-state index in [0.29, 0.717) is 35.9 Å². The third-order valence-corrected chi connectivity index (χ3v) is 6.75. The van der Waals surface area contributed by atoms with Crippen LogP contribution in [-0.2, 0) is 0 Å². The zero-order chi connectivity index (χ0) is 22.9. The SMILES string of the molecule is N[C@H]1CC[C@H](Nc2ncc3nc(Nc4ccc(F)cc4F)n([C@H]4CC[C@@H](O)CC4)c3n2)CC1. The summed E-state index contributed by atoms with van der Waals surface area (Å²) in [6.07, 6.45) is 8.09. The lowest BCUT2D eigenvalue weighted by atomic mass is 9.92. The molecule has 5 rings (SSSR count). The van der Waals surface area contributed by atoms with Gasteiger partial charge in [0.15, 0.2) is 5.65 Å². The van der Waals surface area contributed by atoms with Gasteiger partial charge in [0.25, 0.3) is 0 Å². The maximum atomic E-state index is 14.3. The molecule has 1 aromatic carbocycles. The van der Waals surface area contributed by atoms with Crippen LogP contribution >= 0.6 is 0 Å². The lowest BCUT2D eigenvalue weighted by molar-refractivity contribution is 0.112. The highest BCUT2D eigenvalue weighted by atomic mass is 19.1. The Hall–Kier alpha value is -2.85. The maximum absolute atomic E-state index is 14.3. The minimum absolute atomic E-state index is 0.0415. The molecule has 0 unspecified atom stereocenters. The van der Waals surface area contributed by atoms with Crippen molar-refractivity contribution in [3.05, 3.63) is 36.0 Å². The standard InChI is InChI=1S/C23H29F2N7O/c24-13-1-10-19(18(25)11-13)29-23-30-20-12-27-22(28-15-4-2-14(26)3-5-15)31-21(20)32(23)16-6-8-17(33)9-7-16/h1,10-12,14-17,33H,2-9,26H2,(H,29,30)(H,27,28,31)/t14-,15-,16-,17+. The Morgan fingerprint density at radius 3 is 2.48 bits per heavy atom. The van der Waals surface area contributed by atoms with Crippen molar-refractivity contribution in [1.82, 2.24) is 19.5 Å². The highest BCUT2D eigenvalue weighted by Crippen LogP contribution is 2.35. The number of aliphatic hydroxyl groups is 1. The molecule has 2 aromatic heterocycles. The molecule has 2 aliphatic rings. The fourth-order valence-corrected chi connectivity index (χ4v) is 4.87. The number of fused-ring (bicyclic) bond motifs is 1. The van der Waals surface area contributed by atoms with Crippen molar-refractivity contribution in [3.63, 3.8) is 0 Å². The third-order valence-electron chi connectivity index (χ3n) is 6.75. The van der Waals surface area contributed by atoms with E-state index in [2.05, 4.69) is 20.6 Å². The van der Waals surface area contributed by atoms with Gasteiger partial charge in [0.05, 0.1) is 18.0 Å². The quantitative estimate of drug-likeness (QED) is 0.458. The molecule has 0 amide bonds. The van der Waals surface area contributed by atoms with Crippen molar-refractivity contribution in [3.8, 4) is 0 Å². The molecule has 0 saturated heterocycles. The Morgan fingerprint density at radius 2 is 1.76 bits per heavy atom. The molecule has 0 bridgehead atoms. The predicted octanol–water partition coefficient (Wildman–Crippen LogP) is 4.01. The summed E-state index contributed by atoms with van der Waals surface area (Å²) < 4.78 is 29.7. The van der Waals surface area contributed by atoms with Crippen LogP contribution in [0.2, 0.25) is 0 Å². The number of benzene rings is 1. The fraction of sp³-hybridized carbons (Fsp3) is 0.522. The van der Waals surface area contributed by atoms with E-state index in [1.54, 1.807) is 6.20 Å². The van der Waals surface area contributed by atoms with Gasteiger partial charge in [-0.25, -0.2) is 18.7 Å². The number of aromatic nitrogens is 4. The Bertz CT molecular complexity index is 1120.